The second-order valence-corrected chi connectivity index (χ2v) is 6.57. The molecule has 0 spiro atoms. The first-order valence-corrected chi connectivity index (χ1v) is 8.36. The lowest BCUT2D eigenvalue weighted by Crippen LogP contribution is -2.18. The van der Waals surface area contributed by atoms with Crippen molar-refractivity contribution in [3.8, 4) is 11.3 Å². The molecule has 0 aliphatic carbocycles. The molecule has 0 saturated heterocycles. The molecule has 0 bridgehead atoms. The highest BCUT2D eigenvalue weighted by molar-refractivity contribution is 5.84. The molecule has 1 aromatic carbocycles. The highest BCUT2D eigenvalue weighted by Crippen LogP contribution is 2.33. The average Bonchev–Trinajstić information content (AvgIpc) is 3.01. The average molecular weight is 340 g/mol. The van der Waals surface area contributed by atoms with Crippen LogP contribution in [0.25, 0.3) is 22.3 Å². The number of aryl methyl sites for hydroxylation is 1. The van der Waals surface area contributed by atoms with E-state index in [0.29, 0.717) is 47.6 Å². The number of hydrogen-bond acceptors (Lipinski definition) is 5. The standard InChI is InChI=1S/C19H20N2O4/c1-10-6-13(12(3)22)19-14(7-10)17(23)11(2)18(25-19)15-8-20-21-4-5-24-9-16(15)21/h6-8,12,22H,4-5,9H2,1-3H3/t12-/m0/s1. The van der Waals surface area contributed by atoms with Crippen molar-refractivity contribution in [2.45, 2.75) is 40.0 Å². The maximum Gasteiger partial charge on any atom is 0.196 e. The van der Waals surface area contributed by atoms with Crippen LogP contribution in [0.4, 0.5) is 0 Å². The van der Waals surface area contributed by atoms with E-state index in [1.54, 1.807) is 26.1 Å². The van der Waals surface area contributed by atoms with Gasteiger partial charge in [-0.25, -0.2) is 0 Å². The number of aliphatic hydroxyl groups excluding tert-OH is 1. The quantitative estimate of drug-likeness (QED) is 0.776. The molecule has 6 nitrogen and oxygen atoms in total. The Kier molecular flexibility index (Phi) is 3.74. The van der Waals surface area contributed by atoms with E-state index >= 15 is 0 Å². The van der Waals surface area contributed by atoms with E-state index in [1.807, 2.05) is 17.7 Å². The van der Waals surface area contributed by atoms with Gasteiger partial charge in [-0.2, -0.15) is 5.10 Å². The number of fused-ring (bicyclic) bond motifs is 2. The summed E-state index contributed by atoms with van der Waals surface area (Å²) in [5.74, 6) is 0.495. The van der Waals surface area contributed by atoms with Crippen molar-refractivity contribution < 1.29 is 14.3 Å². The lowest BCUT2D eigenvalue weighted by Gasteiger charge is -2.16. The number of ether oxygens (including phenoxy) is 1. The molecule has 0 unspecified atom stereocenters. The van der Waals surface area contributed by atoms with Crippen LogP contribution in [0, 0.1) is 13.8 Å². The zero-order chi connectivity index (χ0) is 17.7. The van der Waals surface area contributed by atoms with Crippen molar-refractivity contribution in [2.24, 2.45) is 0 Å². The van der Waals surface area contributed by atoms with Crippen LogP contribution in [0.1, 0.15) is 35.4 Å². The van der Waals surface area contributed by atoms with Crippen molar-refractivity contribution in [3.05, 3.63) is 50.9 Å². The fourth-order valence-corrected chi connectivity index (χ4v) is 3.40. The summed E-state index contributed by atoms with van der Waals surface area (Å²) in [6, 6.07) is 3.66. The van der Waals surface area contributed by atoms with Gasteiger partial charge in [0.2, 0.25) is 0 Å². The number of nitrogens with zero attached hydrogens (tertiary/aromatic N) is 2. The van der Waals surface area contributed by atoms with Gasteiger partial charge in [-0.3, -0.25) is 9.48 Å². The number of benzene rings is 1. The lowest BCUT2D eigenvalue weighted by molar-refractivity contribution is 0.0803. The normalized spacial score (nSPS) is 15.4. The van der Waals surface area contributed by atoms with Crippen LogP contribution in [0.2, 0.25) is 0 Å². The smallest absolute Gasteiger partial charge is 0.196 e. The Hall–Kier alpha value is -2.44. The number of aliphatic hydroxyl groups is 1. The molecular formula is C19H20N2O4. The van der Waals surface area contributed by atoms with Gasteiger partial charge in [0.15, 0.2) is 5.43 Å². The number of hydrogen-bond donors (Lipinski definition) is 1. The predicted molar refractivity (Wildman–Crippen MR) is 93.5 cm³/mol. The van der Waals surface area contributed by atoms with Gasteiger partial charge in [0.1, 0.15) is 11.3 Å². The van der Waals surface area contributed by atoms with Gasteiger partial charge in [-0.1, -0.05) is 0 Å². The molecule has 0 fully saturated rings. The summed E-state index contributed by atoms with van der Waals surface area (Å²) in [5, 5.41) is 15.0. The predicted octanol–water partition coefficient (Wildman–Crippen LogP) is 2.86. The fraction of sp³-hybridized carbons (Fsp3) is 0.368. The third-order valence-electron chi connectivity index (χ3n) is 4.72. The molecule has 4 rings (SSSR count). The molecule has 0 saturated carbocycles. The van der Waals surface area contributed by atoms with Crippen molar-refractivity contribution in [1.29, 1.82) is 0 Å². The molecule has 1 aliphatic heterocycles. The molecule has 3 aromatic rings. The fourth-order valence-electron chi connectivity index (χ4n) is 3.40. The molecule has 3 heterocycles. The second-order valence-electron chi connectivity index (χ2n) is 6.57. The molecule has 1 aliphatic rings. The van der Waals surface area contributed by atoms with Crippen molar-refractivity contribution >= 4 is 11.0 Å². The minimum absolute atomic E-state index is 0.0847. The van der Waals surface area contributed by atoms with E-state index in [9.17, 15) is 9.90 Å². The van der Waals surface area contributed by atoms with Crippen LogP contribution >= 0.6 is 0 Å². The van der Waals surface area contributed by atoms with E-state index in [0.717, 1.165) is 16.8 Å². The van der Waals surface area contributed by atoms with Crippen LogP contribution in [-0.2, 0) is 17.9 Å². The first-order valence-electron chi connectivity index (χ1n) is 8.36. The Labute approximate surface area is 144 Å². The molecule has 130 valence electrons. The highest BCUT2D eigenvalue weighted by Gasteiger charge is 2.23. The van der Waals surface area contributed by atoms with Gasteiger partial charge >= 0.3 is 0 Å². The van der Waals surface area contributed by atoms with Gasteiger partial charge in [0.05, 0.1) is 48.7 Å². The topological polar surface area (TPSA) is 77.5 Å². The Morgan fingerprint density at radius 2 is 2.12 bits per heavy atom. The van der Waals surface area contributed by atoms with Crippen LogP contribution in [0.15, 0.2) is 27.5 Å². The first-order chi connectivity index (χ1) is 12.0. The zero-order valence-corrected chi connectivity index (χ0v) is 14.5. The van der Waals surface area contributed by atoms with E-state index in [2.05, 4.69) is 5.10 Å². The second kappa shape index (κ2) is 5.82. The van der Waals surface area contributed by atoms with Gasteiger partial charge in [0, 0.05) is 11.1 Å². The van der Waals surface area contributed by atoms with Gasteiger partial charge in [0.25, 0.3) is 0 Å². The van der Waals surface area contributed by atoms with E-state index in [-0.39, 0.29) is 5.43 Å². The molecule has 0 radical (unpaired) electrons. The molecule has 1 N–H and O–H groups in total. The molecule has 6 heteroatoms. The SMILES string of the molecule is Cc1cc([C@H](C)O)c2oc(-c3cnn4c3COCC4)c(C)c(=O)c2c1. The van der Waals surface area contributed by atoms with E-state index in [1.165, 1.54) is 0 Å². The van der Waals surface area contributed by atoms with Crippen LogP contribution < -0.4 is 5.43 Å². The third kappa shape index (κ3) is 2.49. The monoisotopic (exact) mass is 340 g/mol. The lowest BCUT2D eigenvalue weighted by atomic mass is 10.00. The third-order valence-corrected chi connectivity index (χ3v) is 4.72. The molecular weight excluding hydrogens is 320 g/mol. The molecule has 1 atom stereocenters. The minimum Gasteiger partial charge on any atom is -0.455 e. The Bertz CT molecular complexity index is 1030. The van der Waals surface area contributed by atoms with E-state index in [4.69, 9.17) is 9.15 Å². The zero-order valence-electron chi connectivity index (χ0n) is 14.5. The molecule has 25 heavy (non-hydrogen) atoms. The van der Waals surface area contributed by atoms with Gasteiger partial charge < -0.3 is 14.3 Å². The molecule has 2 aromatic heterocycles. The largest absolute Gasteiger partial charge is 0.455 e. The summed E-state index contributed by atoms with van der Waals surface area (Å²) in [5.41, 5.74) is 4.10. The number of rotatable bonds is 2. The van der Waals surface area contributed by atoms with Crippen molar-refractivity contribution in [2.75, 3.05) is 6.61 Å². The first kappa shape index (κ1) is 16.1. The highest BCUT2D eigenvalue weighted by atomic mass is 16.5. The Morgan fingerprint density at radius 1 is 1.32 bits per heavy atom. The Morgan fingerprint density at radius 3 is 2.88 bits per heavy atom. The summed E-state index contributed by atoms with van der Waals surface area (Å²) in [7, 11) is 0. The van der Waals surface area contributed by atoms with Crippen molar-refractivity contribution in [3.63, 3.8) is 0 Å². The summed E-state index contributed by atoms with van der Waals surface area (Å²) < 4.78 is 13.6. The van der Waals surface area contributed by atoms with Gasteiger partial charge in [-0.05, 0) is 38.5 Å². The van der Waals surface area contributed by atoms with Gasteiger partial charge in [-0.15, -0.1) is 0 Å². The maximum absolute atomic E-state index is 12.9. The maximum atomic E-state index is 12.9. The minimum atomic E-state index is -0.731. The van der Waals surface area contributed by atoms with Crippen LogP contribution in [0.3, 0.4) is 0 Å². The summed E-state index contributed by atoms with van der Waals surface area (Å²) in [4.78, 5) is 12.9. The molecule has 0 amide bonds. The van der Waals surface area contributed by atoms with Crippen LogP contribution in [0.5, 0.6) is 0 Å². The summed E-state index contributed by atoms with van der Waals surface area (Å²) in [6.45, 7) is 7.08. The summed E-state index contributed by atoms with van der Waals surface area (Å²) in [6.07, 6.45) is 0.989. The van der Waals surface area contributed by atoms with Crippen molar-refractivity contribution in [1.82, 2.24) is 9.78 Å². The van der Waals surface area contributed by atoms with E-state index < -0.39 is 6.10 Å². The van der Waals surface area contributed by atoms with Crippen LogP contribution in [-0.4, -0.2) is 21.5 Å². The number of aromatic nitrogens is 2. The Balaban J connectivity index is 2.04. The summed E-state index contributed by atoms with van der Waals surface area (Å²) >= 11 is 0.